The van der Waals surface area contributed by atoms with Gasteiger partial charge >= 0.3 is 17.9 Å². The minimum atomic E-state index is -3.00. The van der Waals surface area contributed by atoms with Crippen LogP contribution in [0.15, 0.2) is 36.4 Å². The fourth-order valence-corrected chi connectivity index (χ4v) is 4.74. The van der Waals surface area contributed by atoms with Gasteiger partial charge in [0.1, 0.15) is 11.8 Å². The van der Waals surface area contributed by atoms with E-state index >= 15 is 0 Å². The molecule has 11 nitrogen and oxygen atoms in total. The quantitative estimate of drug-likeness (QED) is 0.0739. The van der Waals surface area contributed by atoms with Crippen molar-refractivity contribution in [3.8, 4) is 0 Å². The van der Waals surface area contributed by atoms with Crippen LogP contribution in [0, 0.1) is 5.92 Å². The number of amides is 1. The minimum absolute atomic E-state index is 0.131. The molecule has 0 saturated carbocycles. The van der Waals surface area contributed by atoms with E-state index in [0.29, 0.717) is 37.8 Å². The van der Waals surface area contributed by atoms with Gasteiger partial charge in [-0.1, -0.05) is 81.9 Å². The Morgan fingerprint density at radius 3 is 1.93 bits per heavy atom. The zero-order valence-electron chi connectivity index (χ0n) is 25.1. The van der Waals surface area contributed by atoms with E-state index in [-0.39, 0.29) is 12.2 Å². The molecule has 0 aliphatic heterocycles. The van der Waals surface area contributed by atoms with E-state index in [1.807, 2.05) is 0 Å². The molecule has 7 N–H and O–H groups in total. The first-order valence-electron chi connectivity index (χ1n) is 15.1. The second kappa shape index (κ2) is 20.4. The summed E-state index contributed by atoms with van der Waals surface area (Å²) >= 11 is 0. The first-order chi connectivity index (χ1) is 20.4. The van der Waals surface area contributed by atoms with Crippen LogP contribution in [0.25, 0.3) is 0 Å². The minimum Gasteiger partial charge on any atom is -0.481 e. The van der Waals surface area contributed by atoms with Crippen LogP contribution in [-0.4, -0.2) is 61.7 Å². The summed E-state index contributed by atoms with van der Waals surface area (Å²) in [7, 11) is 0. The Morgan fingerprint density at radius 1 is 0.860 bits per heavy atom. The number of carbonyl (C=O) groups is 5. The van der Waals surface area contributed by atoms with Crippen molar-refractivity contribution in [1.29, 1.82) is 0 Å². The van der Waals surface area contributed by atoms with Crippen LogP contribution in [-0.2, 0) is 36.9 Å². The van der Waals surface area contributed by atoms with Gasteiger partial charge < -0.3 is 31.5 Å². The lowest BCUT2D eigenvalue weighted by Crippen LogP contribution is -2.55. The van der Waals surface area contributed by atoms with Crippen LogP contribution in [0.2, 0.25) is 0 Å². The Balaban J connectivity index is 2.79. The number of carboxylic acids is 3. The van der Waals surface area contributed by atoms with Gasteiger partial charge in [-0.25, -0.2) is 9.59 Å². The van der Waals surface area contributed by atoms with Gasteiger partial charge in [0.05, 0.1) is 12.3 Å². The number of carboxylic acid groups (broad SMARTS) is 3. The Kier molecular flexibility index (Phi) is 17.7. The molecule has 0 aliphatic rings. The van der Waals surface area contributed by atoms with Crippen LogP contribution >= 0.6 is 0 Å². The molecule has 0 saturated heterocycles. The van der Waals surface area contributed by atoms with Gasteiger partial charge in [-0.05, 0) is 36.8 Å². The number of nitrogens with one attached hydrogen (secondary N) is 1. The van der Waals surface area contributed by atoms with Crippen molar-refractivity contribution in [1.82, 2.24) is 5.32 Å². The maximum absolute atomic E-state index is 13.2. The summed E-state index contributed by atoms with van der Waals surface area (Å²) < 4.78 is 0. The molecule has 0 bridgehead atoms. The van der Waals surface area contributed by atoms with Crippen LogP contribution < -0.4 is 11.1 Å². The second-order valence-electron chi connectivity index (χ2n) is 11.0. The summed E-state index contributed by atoms with van der Waals surface area (Å²) in [5.41, 5.74) is 3.98. The highest BCUT2D eigenvalue weighted by atomic mass is 16.4. The molecule has 0 radical (unpaired) electrons. The number of allylic oxidation sites excluding steroid dienone is 1. The third-order valence-corrected chi connectivity index (χ3v) is 7.37. The van der Waals surface area contributed by atoms with E-state index in [2.05, 4.69) is 12.2 Å². The summed E-state index contributed by atoms with van der Waals surface area (Å²) in [5, 5.41) is 41.7. The molecule has 0 aliphatic carbocycles. The second-order valence-corrected chi connectivity index (χ2v) is 11.0. The standard InChI is InChI=1S/C32H48N2O9/c1-2-3-4-7-10-13-25(35)14-11-8-5-6-9-12-15-26(32(43,31(41)42)21-28(36)37)29(38)34-27(30(39)40)20-23-16-18-24(22-33)19-17-23/h12,15-19,26-27,43H,2-11,13-14,20-22,33H2,1H3,(H,34,38)(H,36,37)(H,39,40)(H,41,42)/b15-12+/t26-,27-,32-/m0/s1. The number of nitrogens with two attached hydrogens (primary N) is 1. The van der Waals surface area contributed by atoms with Gasteiger partial charge in [-0.3, -0.25) is 14.4 Å². The predicted molar refractivity (Wildman–Crippen MR) is 161 cm³/mol. The molecule has 1 aromatic carbocycles. The van der Waals surface area contributed by atoms with Gasteiger partial charge in [0.2, 0.25) is 5.91 Å². The van der Waals surface area contributed by atoms with Crippen LogP contribution in [0.5, 0.6) is 0 Å². The van der Waals surface area contributed by atoms with E-state index in [9.17, 15) is 44.4 Å². The zero-order chi connectivity index (χ0) is 32.3. The third kappa shape index (κ3) is 14.4. The van der Waals surface area contributed by atoms with Crippen molar-refractivity contribution < 1.29 is 44.4 Å². The molecule has 11 heteroatoms. The van der Waals surface area contributed by atoms with Crippen molar-refractivity contribution >= 4 is 29.6 Å². The average Bonchev–Trinajstić information content (AvgIpc) is 2.95. The largest absolute Gasteiger partial charge is 0.481 e. The van der Waals surface area contributed by atoms with Crippen LogP contribution in [0.3, 0.4) is 0 Å². The van der Waals surface area contributed by atoms with E-state index in [0.717, 1.165) is 56.6 Å². The van der Waals surface area contributed by atoms with Crippen molar-refractivity contribution in [2.45, 2.75) is 115 Å². The van der Waals surface area contributed by atoms with E-state index in [1.54, 1.807) is 24.3 Å². The highest BCUT2D eigenvalue weighted by molar-refractivity contribution is 5.94. The molecule has 240 valence electrons. The number of hydrogen-bond acceptors (Lipinski definition) is 7. The monoisotopic (exact) mass is 604 g/mol. The Morgan fingerprint density at radius 2 is 1.42 bits per heavy atom. The molecule has 1 amide bonds. The maximum Gasteiger partial charge on any atom is 0.337 e. The first kappa shape index (κ1) is 37.5. The summed E-state index contributed by atoms with van der Waals surface area (Å²) in [6.45, 7) is 2.44. The molecule has 0 fully saturated rings. The number of aliphatic carboxylic acids is 3. The number of aliphatic hydroxyl groups is 1. The Bertz CT molecular complexity index is 1070. The van der Waals surface area contributed by atoms with Crippen LogP contribution in [0.4, 0.5) is 0 Å². The van der Waals surface area contributed by atoms with Gasteiger partial charge in [-0.15, -0.1) is 0 Å². The third-order valence-electron chi connectivity index (χ3n) is 7.37. The molecule has 0 unspecified atom stereocenters. The van der Waals surface area contributed by atoms with E-state index in [1.165, 1.54) is 12.5 Å². The summed E-state index contributed by atoms with van der Waals surface area (Å²) in [5.74, 6) is -7.66. The van der Waals surface area contributed by atoms with E-state index < -0.39 is 47.8 Å². The van der Waals surface area contributed by atoms with Gasteiger partial charge in [0.15, 0.2) is 5.60 Å². The maximum atomic E-state index is 13.2. The Hall–Kier alpha value is -3.57. The molecular formula is C32H48N2O9. The number of benzene rings is 1. The van der Waals surface area contributed by atoms with Gasteiger partial charge in [-0.2, -0.15) is 0 Å². The summed E-state index contributed by atoms with van der Waals surface area (Å²) in [4.78, 5) is 60.5. The molecule has 43 heavy (non-hydrogen) atoms. The fraction of sp³-hybridized carbons (Fsp3) is 0.594. The lowest BCUT2D eigenvalue weighted by molar-refractivity contribution is -0.172. The molecular weight excluding hydrogens is 556 g/mol. The number of hydrogen-bond donors (Lipinski definition) is 6. The smallest absolute Gasteiger partial charge is 0.337 e. The summed E-state index contributed by atoms with van der Waals surface area (Å²) in [6.07, 6.45) is 11.3. The SMILES string of the molecule is CCCCCCCC(=O)CCCCCC/C=C/[C@@H](C(=O)N[C@@H](Cc1ccc(CN)cc1)C(=O)O)[C@@](O)(CC(=O)O)C(=O)O. The van der Waals surface area contributed by atoms with E-state index in [4.69, 9.17) is 5.73 Å². The number of Topliss-reactive ketones (excluding diaryl/α,β-unsaturated/α-hetero) is 1. The lowest BCUT2D eigenvalue weighted by atomic mass is 9.82. The molecule has 3 atom stereocenters. The molecule has 0 aromatic heterocycles. The van der Waals surface area contributed by atoms with Crippen molar-refractivity contribution in [3.05, 3.63) is 47.5 Å². The fourth-order valence-electron chi connectivity index (χ4n) is 4.74. The number of carbonyl (C=O) groups excluding carboxylic acids is 2. The van der Waals surface area contributed by atoms with Gasteiger partial charge in [0, 0.05) is 25.8 Å². The molecule has 0 spiro atoms. The number of rotatable bonds is 24. The number of ketones is 1. The van der Waals surface area contributed by atoms with Crippen molar-refractivity contribution in [2.24, 2.45) is 11.7 Å². The lowest BCUT2D eigenvalue weighted by Gasteiger charge is -2.29. The highest BCUT2D eigenvalue weighted by Crippen LogP contribution is 2.26. The highest BCUT2D eigenvalue weighted by Gasteiger charge is 2.49. The normalized spacial score (nSPS) is 14.1. The molecule has 0 heterocycles. The van der Waals surface area contributed by atoms with Crippen molar-refractivity contribution in [2.75, 3.05) is 0 Å². The zero-order valence-corrected chi connectivity index (χ0v) is 25.1. The van der Waals surface area contributed by atoms with Crippen LogP contribution in [0.1, 0.15) is 102 Å². The Labute approximate surface area is 253 Å². The van der Waals surface area contributed by atoms with Crippen molar-refractivity contribution in [3.63, 3.8) is 0 Å². The first-order valence-corrected chi connectivity index (χ1v) is 15.1. The molecule has 1 aromatic rings. The van der Waals surface area contributed by atoms with Gasteiger partial charge in [0.25, 0.3) is 0 Å². The molecule has 1 rings (SSSR count). The number of unbranched alkanes of at least 4 members (excludes halogenated alkanes) is 8. The topological polar surface area (TPSA) is 204 Å². The summed E-state index contributed by atoms with van der Waals surface area (Å²) in [6, 6.07) is 5.28. The predicted octanol–water partition coefficient (Wildman–Crippen LogP) is 3.99. The average molecular weight is 605 g/mol.